The molecule has 0 aromatic heterocycles. The summed E-state index contributed by atoms with van der Waals surface area (Å²) >= 11 is 0. The van der Waals surface area contributed by atoms with Crippen molar-refractivity contribution in [1.29, 1.82) is 0 Å². The monoisotopic (exact) mass is 628 g/mol. The highest BCUT2D eigenvalue weighted by Crippen LogP contribution is 2.33. The number of ether oxygens (including phenoxy) is 4. The first-order valence-electron chi connectivity index (χ1n) is 15.6. The van der Waals surface area contributed by atoms with Crippen LogP contribution in [0.5, 0.6) is 0 Å². The van der Waals surface area contributed by atoms with E-state index in [0.717, 1.165) is 11.1 Å². The summed E-state index contributed by atoms with van der Waals surface area (Å²) in [4.78, 5) is 29.2. The molecule has 0 bridgehead atoms. The Hall–Kier alpha value is -2.86. The highest BCUT2D eigenvalue weighted by atomic mass is 16.8. The fourth-order valence-electron chi connectivity index (χ4n) is 5.32. The summed E-state index contributed by atoms with van der Waals surface area (Å²) in [6, 6.07) is 19.3. The lowest BCUT2D eigenvalue weighted by Crippen LogP contribution is -2.51. The maximum atomic E-state index is 12.8. The van der Waals surface area contributed by atoms with Gasteiger partial charge in [-0.05, 0) is 66.5 Å². The Bertz CT molecular complexity index is 1120. The largest absolute Gasteiger partial charge is 0.459 e. The molecular weight excluding hydrogens is 576 g/mol. The van der Waals surface area contributed by atoms with Gasteiger partial charge in [0.15, 0.2) is 5.79 Å². The van der Waals surface area contributed by atoms with Crippen molar-refractivity contribution in [3.63, 3.8) is 0 Å². The van der Waals surface area contributed by atoms with Gasteiger partial charge in [0.2, 0.25) is 0 Å². The van der Waals surface area contributed by atoms with Crippen LogP contribution in [0.3, 0.4) is 0 Å². The maximum Gasteiger partial charge on any atom is 0.320 e. The molecule has 0 spiro atoms. The topological polar surface area (TPSA) is 118 Å². The Morgan fingerprint density at radius 2 is 1.04 bits per heavy atom. The second kappa shape index (κ2) is 15.6. The molecule has 3 rings (SSSR count). The molecule has 1 heterocycles. The Kier molecular flexibility index (Phi) is 12.7. The third-order valence-electron chi connectivity index (χ3n) is 6.86. The van der Waals surface area contributed by atoms with Crippen LogP contribution >= 0.6 is 0 Å². The third kappa shape index (κ3) is 13.2. The summed E-state index contributed by atoms with van der Waals surface area (Å²) in [6.45, 7) is 15.1. The molecule has 10 nitrogen and oxygen atoms in total. The van der Waals surface area contributed by atoms with Crippen molar-refractivity contribution in [2.24, 2.45) is 0 Å². The zero-order valence-electron chi connectivity index (χ0n) is 28.1. The van der Waals surface area contributed by atoms with E-state index in [-0.39, 0.29) is 26.2 Å². The van der Waals surface area contributed by atoms with Crippen LogP contribution in [-0.4, -0.2) is 99.5 Å². The predicted octanol–water partition coefficient (Wildman–Crippen LogP) is 3.92. The first kappa shape index (κ1) is 36.6. The Labute approximate surface area is 268 Å². The minimum absolute atomic E-state index is 0.0475. The molecule has 0 amide bonds. The Morgan fingerprint density at radius 3 is 1.36 bits per heavy atom. The Morgan fingerprint density at radius 1 is 0.711 bits per heavy atom. The van der Waals surface area contributed by atoms with Gasteiger partial charge in [-0.15, -0.1) is 0 Å². The van der Waals surface area contributed by atoms with Crippen LogP contribution in [-0.2, 0) is 41.6 Å². The average molecular weight is 629 g/mol. The van der Waals surface area contributed by atoms with Crippen molar-refractivity contribution in [3.05, 3.63) is 71.8 Å². The summed E-state index contributed by atoms with van der Waals surface area (Å²) in [5, 5.41) is 23.1. The molecule has 45 heavy (non-hydrogen) atoms. The van der Waals surface area contributed by atoms with Gasteiger partial charge in [-0.2, -0.15) is 0 Å². The van der Waals surface area contributed by atoms with Crippen LogP contribution in [0.25, 0.3) is 0 Å². The minimum Gasteiger partial charge on any atom is -0.459 e. The predicted molar refractivity (Wildman–Crippen MR) is 171 cm³/mol. The van der Waals surface area contributed by atoms with E-state index < -0.39 is 53.3 Å². The molecule has 0 aliphatic carbocycles. The number of hydrogen-bond donors (Lipinski definition) is 2. The SMILES string of the molecule is CC(C)(C)OC(=O)CN(Cc1ccccc1)C[C@@H](O)[C@H]1OC(C)(C)O[C@@H]1[C@H](O)CN(CC(=O)OC(C)(C)C)Cc1ccccc1. The molecule has 2 aromatic rings. The first-order chi connectivity index (χ1) is 20.9. The molecule has 2 aromatic carbocycles. The van der Waals surface area contributed by atoms with E-state index >= 15 is 0 Å². The molecule has 2 N–H and O–H groups in total. The molecule has 10 heteroatoms. The highest BCUT2D eigenvalue weighted by molar-refractivity contribution is 5.72. The van der Waals surface area contributed by atoms with Crippen LogP contribution in [0.1, 0.15) is 66.5 Å². The van der Waals surface area contributed by atoms with Gasteiger partial charge in [0.05, 0.1) is 25.3 Å². The van der Waals surface area contributed by atoms with Gasteiger partial charge in [0.1, 0.15) is 23.4 Å². The minimum atomic E-state index is -1.12. The number of hydrogen-bond acceptors (Lipinski definition) is 10. The fraction of sp³-hybridized carbons (Fsp3) is 0.600. The molecule has 0 saturated carbocycles. The summed E-state index contributed by atoms with van der Waals surface area (Å²) in [6.07, 6.45) is -4.06. The molecule has 0 radical (unpaired) electrons. The summed E-state index contributed by atoms with van der Waals surface area (Å²) in [5.41, 5.74) is 0.626. The standard InChI is InChI=1S/C35H52N2O8/c1-33(2,3)42-29(40)23-36(19-25-15-11-9-12-16-25)21-27(38)31-32(45-35(7,8)44-31)28(39)22-37(20-26-17-13-10-14-18-26)24-30(41)43-34(4,5)6/h9-18,27-28,31-32,38-39H,19-24H2,1-8H3/t27-,28-,31-,32-/m1/s1. The number of rotatable bonds is 14. The summed E-state index contributed by atoms with van der Waals surface area (Å²) in [7, 11) is 0. The smallest absolute Gasteiger partial charge is 0.320 e. The van der Waals surface area contributed by atoms with Crippen LogP contribution in [0.4, 0.5) is 0 Å². The fourth-order valence-corrected chi connectivity index (χ4v) is 5.32. The van der Waals surface area contributed by atoms with Crippen molar-refractivity contribution >= 4 is 11.9 Å². The quantitative estimate of drug-likeness (QED) is 0.298. The number of nitrogens with zero attached hydrogens (tertiary/aromatic N) is 2. The lowest BCUT2D eigenvalue weighted by molar-refractivity contribution is -0.164. The normalized spacial score (nSPS) is 19.8. The number of carbonyl (C=O) groups is 2. The van der Waals surface area contributed by atoms with E-state index in [1.54, 1.807) is 23.6 Å². The Balaban J connectivity index is 1.78. The van der Waals surface area contributed by atoms with Gasteiger partial charge >= 0.3 is 11.9 Å². The zero-order chi connectivity index (χ0) is 33.4. The maximum absolute atomic E-state index is 12.8. The number of aliphatic hydroxyl groups excluding tert-OH is 2. The highest BCUT2D eigenvalue weighted by Gasteiger charge is 2.48. The van der Waals surface area contributed by atoms with Gasteiger partial charge in [0, 0.05) is 26.2 Å². The molecule has 4 atom stereocenters. The van der Waals surface area contributed by atoms with Gasteiger partial charge in [0.25, 0.3) is 0 Å². The second-order valence-electron chi connectivity index (χ2n) is 14.2. The number of carbonyl (C=O) groups excluding carboxylic acids is 2. The van der Waals surface area contributed by atoms with Crippen molar-refractivity contribution in [3.8, 4) is 0 Å². The number of aliphatic hydroxyl groups is 2. The second-order valence-corrected chi connectivity index (χ2v) is 14.2. The van der Waals surface area contributed by atoms with Crippen molar-refractivity contribution in [2.75, 3.05) is 26.2 Å². The van der Waals surface area contributed by atoms with E-state index in [9.17, 15) is 19.8 Å². The third-order valence-corrected chi connectivity index (χ3v) is 6.86. The molecular formula is C35H52N2O8. The van der Waals surface area contributed by atoms with Crippen LogP contribution in [0.2, 0.25) is 0 Å². The van der Waals surface area contributed by atoms with E-state index in [4.69, 9.17) is 18.9 Å². The lowest BCUT2D eigenvalue weighted by Gasteiger charge is -2.32. The van der Waals surface area contributed by atoms with Gasteiger partial charge in [-0.25, -0.2) is 0 Å². The van der Waals surface area contributed by atoms with Gasteiger partial charge in [-0.3, -0.25) is 19.4 Å². The molecule has 1 aliphatic rings. The lowest BCUT2D eigenvalue weighted by atomic mass is 10.0. The number of esters is 2. The van der Waals surface area contributed by atoms with Crippen LogP contribution in [0, 0.1) is 0 Å². The van der Waals surface area contributed by atoms with E-state index in [1.165, 1.54) is 0 Å². The number of benzene rings is 2. The van der Waals surface area contributed by atoms with E-state index in [1.807, 2.05) is 102 Å². The van der Waals surface area contributed by atoms with Crippen LogP contribution in [0.15, 0.2) is 60.7 Å². The molecule has 1 saturated heterocycles. The van der Waals surface area contributed by atoms with Crippen molar-refractivity contribution in [1.82, 2.24) is 9.80 Å². The van der Waals surface area contributed by atoms with Crippen LogP contribution < -0.4 is 0 Å². The zero-order valence-corrected chi connectivity index (χ0v) is 28.1. The van der Waals surface area contributed by atoms with Crippen molar-refractivity contribution in [2.45, 2.75) is 110 Å². The first-order valence-corrected chi connectivity index (χ1v) is 15.6. The van der Waals surface area contributed by atoms with E-state index in [2.05, 4.69) is 0 Å². The van der Waals surface area contributed by atoms with Gasteiger partial charge in [-0.1, -0.05) is 60.7 Å². The summed E-state index contributed by atoms with van der Waals surface area (Å²) < 4.78 is 23.4. The average Bonchev–Trinajstić information content (AvgIpc) is 3.23. The molecule has 250 valence electrons. The molecule has 0 unspecified atom stereocenters. The summed E-state index contributed by atoms with van der Waals surface area (Å²) in [5.74, 6) is -1.91. The van der Waals surface area contributed by atoms with E-state index in [0.29, 0.717) is 13.1 Å². The molecule has 1 fully saturated rings. The van der Waals surface area contributed by atoms with Gasteiger partial charge < -0.3 is 29.2 Å². The molecule has 1 aliphatic heterocycles. The van der Waals surface area contributed by atoms with Crippen molar-refractivity contribution < 1.29 is 38.7 Å².